The third-order valence-electron chi connectivity index (χ3n) is 6.22. The Morgan fingerprint density at radius 2 is 1.87 bits per heavy atom. The molecule has 0 aromatic heterocycles. The highest BCUT2D eigenvalue weighted by Gasteiger charge is 2.23. The first-order valence-corrected chi connectivity index (χ1v) is 12.4. The van der Waals surface area contributed by atoms with Gasteiger partial charge in [-0.2, -0.15) is 0 Å². The fourth-order valence-electron chi connectivity index (χ4n) is 4.06. The second-order valence-electron chi connectivity index (χ2n) is 10.0. The van der Waals surface area contributed by atoms with Crippen LogP contribution in [0.5, 0.6) is 11.5 Å². The van der Waals surface area contributed by atoms with Crippen LogP contribution in [0.25, 0.3) is 0 Å². The smallest absolute Gasteiger partial charge is 0.342 e. The van der Waals surface area contributed by atoms with Crippen molar-refractivity contribution in [3.05, 3.63) is 98.8 Å². The van der Waals surface area contributed by atoms with E-state index in [9.17, 15) is 29.5 Å². The Morgan fingerprint density at radius 1 is 1.15 bits per heavy atom. The minimum Gasteiger partial charge on any atom is -0.477 e. The number of halogens is 1. The number of aromatic carboxylic acids is 1. The minimum atomic E-state index is -1.41. The van der Waals surface area contributed by atoms with Crippen molar-refractivity contribution in [3.8, 4) is 11.5 Å². The van der Waals surface area contributed by atoms with E-state index in [1.54, 1.807) is 44.2 Å². The number of aliphatic hydroxyl groups is 1. The SMILES string of the molecule is Cc1ccc(CC(C)(C)NC[C@@H](O)CO[C@H](C)c2ccccc2Oc2ccc(C(=O)O)c([N+](=O)[O-])c2)cc1F. The van der Waals surface area contributed by atoms with Crippen LogP contribution in [0.3, 0.4) is 0 Å². The minimum absolute atomic E-state index is 0.0243. The van der Waals surface area contributed by atoms with Crippen molar-refractivity contribution in [2.75, 3.05) is 13.2 Å². The number of hydrogen-bond donors (Lipinski definition) is 3. The summed E-state index contributed by atoms with van der Waals surface area (Å²) in [7, 11) is 0. The van der Waals surface area contributed by atoms with Crippen molar-refractivity contribution in [1.82, 2.24) is 5.32 Å². The first kappa shape index (κ1) is 29.7. The van der Waals surface area contributed by atoms with E-state index in [0.29, 0.717) is 23.3 Å². The summed E-state index contributed by atoms with van der Waals surface area (Å²) in [6.07, 6.45) is -0.738. The first-order chi connectivity index (χ1) is 18.4. The molecule has 9 nitrogen and oxygen atoms in total. The van der Waals surface area contributed by atoms with Gasteiger partial charge in [0.25, 0.3) is 5.69 Å². The number of ether oxygens (including phenoxy) is 2. The van der Waals surface area contributed by atoms with Crippen LogP contribution in [0.2, 0.25) is 0 Å². The Hall–Kier alpha value is -3.86. The molecule has 3 rings (SSSR count). The lowest BCUT2D eigenvalue weighted by Crippen LogP contribution is -2.46. The fraction of sp³-hybridized carbons (Fsp3) is 0.345. The molecular weight excluding hydrogens is 507 g/mol. The molecule has 0 aliphatic rings. The molecule has 0 heterocycles. The monoisotopic (exact) mass is 540 g/mol. The van der Waals surface area contributed by atoms with Gasteiger partial charge >= 0.3 is 5.97 Å². The van der Waals surface area contributed by atoms with Gasteiger partial charge in [-0.25, -0.2) is 9.18 Å². The first-order valence-electron chi connectivity index (χ1n) is 12.4. The van der Waals surface area contributed by atoms with Gasteiger partial charge < -0.3 is 25.0 Å². The summed E-state index contributed by atoms with van der Waals surface area (Å²) in [5, 5.41) is 34.3. The zero-order valence-electron chi connectivity index (χ0n) is 22.3. The normalized spacial score (nSPS) is 13.1. The number of nitrogens with zero attached hydrogens (tertiary/aromatic N) is 1. The van der Waals surface area contributed by atoms with E-state index in [1.165, 1.54) is 12.1 Å². The lowest BCUT2D eigenvalue weighted by atomic mass is 9.94. The molecule has 208 valence electrons. The van der Waals surface area contributed by atoms with Crippen LogP contribution >= 0.6 is 0 Å². The Morgan fingerprint density at radius 3 is 2.54 bits per heavy atom. The number of para-hydroxylation sites is 1. The van der Waals surface area contributed by atoms with Crippen LogP contribution in [0.15, 0.2) is 60.7 Å². The van der Waals surface area contributed by atoms with Crippen molar-refractivity contribution in [2.45, 2.75) is 51.9 Å². The molecule has 3 aromatic rings. The molecule has 10 heteroatoms. The number of β-amino-alcohol motifs (C(OH)–C–C–N with tert-alkyl or cyclic N) is 1. The molecule has 2 atom stereocenters. The number of nitrogens with one attached hydrogen (secondary N) is 1. The molecule has 0 bridgehead atoms. The molecule has 3 N–H and O–H groups in total. The van der Waals surface area contributed by atoms with Gasteiger partial charge in [0.15, 0.2) is 0 Å². The lowest BCUT2D eigenvalue weighted by Gasteiger charge is -2.28. The van der Waals surface area contributed by atoms with Crippen molar-refractivity contribution >= 4 is 11.7 Å². The highest BCUT2D eigenvalue weighted by molar-refractivity contribution is 5.92. The summed E-state index contributed by atoms with van der Waals surface area (Å²) in [4.78, 5) is 21.8. The van der Waals surface area contributed by atoms with Gasteiger partial charge in [-0.05, 0) is 69.5 Å². The predicted octanol–water partition coefficient (Wildman–Crippen LogP) is 5.58. The van der Waals surface area contributed by atoms with Crippen LogP contribution in [0.1, 0.15) is 53.9 Å². The summed E-state index contributed by atoms with van der Waals surface area (Å²) in [6, 6.07) is 15.7. The standard InChI is InChI=1S/C29H33FN2O7/c1-18-9-10-20(13-25(18)30)15-29(3,4)31-16-21(33)17-38-19(2)23-7-5-6-8-27(23)39-22-11-12-24(28(34)35)26(14-22)32(36)37/h5-14,19,21,31,33H,15-17H2,1-4H3,(H,34,35)/t19-,21-/m1/s1. The highest BCUT2D eigenvalue weighted by Crippen LogP contribution is 2.33. The number of aliphatic hydroxyl groups excluding tert-OH is 1. The molecule has 0 fully saturated rings. The van der Waals surface area contributed by atoms with Gasteiger partial charge in [-0.1, -0.05) is 30.3 Å². The number of nitro benzene ring substituents is 1. The van der Waals surface area contributed by atoms with Crippen molar-refractivity contribution in [3.63, 3.8) is 0 Å². The Kier molecular flexibility index (Phi) is 9.74. The van der Waals surface area contributed by atoms with Gasteiger partial charge in [-0.3, -0.25) is 10.1 Å². The third-order valence-corrected chi connectivity index (χ3v) is 6.22. The average molecular weight is 541 g/mol. The van der Waals surface area contributed by atoms with Crippen LogP contribution in [0.4, 0.5) is 10.1 Å². The average Bonchev–Trinajstić information content (AvgIpc) is 2.88. The Bertz CT molecular complexity index is 1330. The maximum atomic E-state index is 13.9. The summed E-state index contributed by atoms with van der Waals surface area (Å²) < 4.78 is 25.6. The number of rotatable bonds is 13. The molecule has 0 saturated carbocycles. The van der Waals surface area contributed by atoms with Gasteiger partial charge in [0.1, 0.15) is 22.9 Å². The third kappa shape index (κ3) is 8.31. The van der Waals surface area contributed by atoms with Crippen LogP contribution in [-0.2, 0) is 11.2 Å². The van der Waals surface area contributed by atoms with Gasteiger partial charge in [0.2, 0.25) is 0 Å². The zero-order chi connectivity index (χ0) is 28.7. The number of hydrogen-bond acceptors (Lipinski definition) is 7. The van der Waals surface area contributed by atoms with E-state index in [2.05, 4.69) is 5.32 Å². The summed E-state index contributed by atoms with van der Waals surface area (Å²) >= 11 is 0. The molecule has 0 aliphatic heterocycles. The second-order valence-corrected chi connectivity index (χ2v) is 10.0. The molecule has 3 aromatic carbocycles. The highest BCUT2D eigenvalue weighted by atomic mass is 19.1. The van der Waals surface area contributed by atoms with E-state index in [-0.39, 0.29) is 24.7 Å². The molecular formula is C29H33FN2O7. The maximum absolute atomic E-state index is 13.9. The van der Waals surface area contributed by atoms with Crippen molar-refractivity contribution in [2.24, 2.45) is 0 Å². The zero-order valence-corrected chi connectivity index (χ0v) is 22.3. The number of carbonyl (C=O) groups is 1. The summed E-state index contributed by atoms with van der Waals surface area (Å²) in [5.41, 5.74) is 0.685. The largest absolute Gasteiger partial charge is 0.477 e. The van der Waals surface area contributed by atoms with Gasteiger partial charge in [0.05, 0.1) is 29.8 Å². The van der Waals surface area contributed by atoms with Crippen LogP contribution in [-0.4, -0.2) is 45.9 Å². The quantitative estimate of drug-likeness (QED) is 0.189. The van der Waals surface area contributed by atoms with Crippen LogP contribution < -0.4 is 10.1 Å². The van der Waals surface area contributed by atoms with Gasteiger partial charge in [0, 0.05) is 17.6 Å². The lowest BCUT2D eigenvalue weighted by molar-refractivity contribution is -0.385. The number of benzene rings is 3. The number of nitro groups is 1. The molecule has 0 radical (unpaired) electrons. The van der Waals surface area contributed by atoms with Crippen molar-refractivity contribution in [1.29, 1.82) is 0 Å². The molecule has 0 amide bonds. The Balaban J connectivity index is 1.59. The van der Waals surface area contributed by atoms with E-state index in [4.69, 9.17) is 9.47 Å². The van der Waals surface area contributed by atoms with Crippen molar-refractivity contribution < 1.29 is 33.8 Å². The number of carboxylic acid groups (broad SMARTS) is 1. The Labute approximate surface area is 226 Å². The molecule has 0 saturated heterocycles. The number of aryl methyl sites for hydroxylation is 1. The molecule has 39 heavy (non-hydrogen) atoms. The van der Waals surface area contributed by atoms with E-state index < -0.39 is 39.9 Å². The maximum Gasteiger partial charge on any atom is 0.342 e. The van der Waals surface area contributed by atoms with E-state index in [0.717, 1.165) is 17.7 Å². The predicted molar refractivity (Wildman–Crippen MR) is 144 cm³/mol. The fourth-order valence-corrected chi connectivity index (χ4v) is 4.06. The topological polar surface area (TPSA) is 131 Å². The van der Waals surface area contributed by atoms with Gasteiger partial charge in [-0.15, -0.1) is 0 Å². The summed E-state index contributed by atoms with van der Waals surface area (Å²) in [5.74, 6) is -1.17. The second kappa shape index (κ2) is 12.8. The van der Waals surface area contributed by atoms with E-state index >= 15 is 0 Å². The molecule has 0 unspecified atom stereocenters. The summed E-state index contributed by atoms with van der Waals surface area (Å²) in [6.45, 7) is 7.73. The number of carboxylic acids is 1. The molecule has 0 aliphatic carbocycles. The van der Waals surface area contributed by atoms with E-state index in [1.807, 2.05) is 19.9 Å². The molecule has 0 spiro atoms. The van der Waals surface area contributed by atoms with Crippen LogP contribution in [0, 0.1) is 22.9 Å².